The number of carbonyl (C=O) groups excluding carboxylic acids is 1. The van der Waals surface area contributed by atoms with Crippen molar-refractivity contribution in [2.24, 2.45) is 0 Å². The molecule has 1 aliphatic rings. The number of nitrogens with one attached hydrogen (secondary N) is 1. The average molecular weight is 313 g/mol. The van der Waals surface area contributed by atoms with Gasteiger partial charge in [-0.05, 0) is 24.1 Å². The van der Waals surface area contributed by atoms with Crippen molar-refractivity contribution in [3.05, 3.63) is 58.3 Å². The first-order valence-corrected chi connectivity index (χ1v) is 7.67. The van der Waals surface area contributed by atoms with E-state index in [4.69, 9.17) is 0 Å². The molecule has 7 nitrogen and oxygen atoms in total. The summed E-state index contributed by atoms with van der Waals surface area (Å²) in [7, 11) is 0. The van der Waals surface area contributed by atoms with Gasteiger partial charge in [0.2, 0.25) is 5.43 Å². The third-order valence-corrected chi connectivity index (χ3v) is 4.09. The lowest BCUT2D eigenvalue weighted by Crippen LogP contribution is -2.49. The van der Waals surface area contributed by atoms with E-state index in [1.165, 1.54) is 11.8 Å². The molecule has 1 fully saturated rings. The number of aromatic amines is 1. The molecule has 1 aliphatic heterocycles. The van der Waals surface area contributed by atoms with Gasteiger partial charge in [-0.3, -0.25) is 24.6 Å². The van der Waals surface area contributed by atoms with Gasteiger partial charge in [0.05, 0.1) is 6.20 Å². The van der Waals surface area contributed by atoms with Gasteiger partial charge in [0.15, 0.2) is 0 Å². The highest BCUT2D eigenvalue weighted by Gasteiger charge is 2.23. The largest absolute Gasteiger partial charge is 0.336 e. The maximum Gasteiger partial charge on any atom is 0.259 e. The fraction of sp³-hybridized carbons (Fsp3) is 0.375. The summed E-state index contributed by atoms with van der Waals surface area (Å²) in [4.78, 5) is 32.1. The molecular formula is C16H19N5O2. The molecule has 120 valence electrons. The summed E-state index contributed by atoms with van der Waals surface area (Å²) in [5, 5.41) is 6.17. The Morgan fingerprint density at radius 2 is 1.91 bits per heavy atom. The maximum absolute atomic E-state index is 12.4. The molecule has 1 N–H and O–H groups in total. The molecule has 1 saturated heterocycles. The van der Waals surface area contributed by atoms with Crippen LogP contribution in [0.2, 0.25) is 0 Å². The van der Waals surface area contributed by atoms with E-state index in [1.807, 2.05) is 12.1 Å². The quantitative estimate of drug-likeness (QED) is 0.870. The van der Waals surface area contributed by atoms with Gasteiger partial charge in [-0.1, -0.05) is 0 Å². The molecule has 0 atom stereocenters. The SMILES string of the molecule is O=C(c1c[nH]ncc1=O)N1CCN(CCc2ccncc2)CC1. The summed E-state index contributed by atoms with van der Waals surface area (Å²) in [6.07, 6.45) is 7.09. The molecule has 0 bridgehead atoms. The Balaban J connectivity index is 1.51. The zero-order valence-electron chi connectivity index (χ0n) is 12.8. The number of hydrogen-bond donors (Lipinski definition) is 1. The van der Waals surface area contributed by atoms with E-state index >= 15 is 0 Å². The molecule has 23 heavy (non-hydrogen) atoms. The summed E-state index contributed by atoms with van der Waals surface area (Å²) in [5.41, 5.74) is 1.08. The number of pyridine rings is 1. The summed E-state index contributed by atoms with van der Waals surface area (Å²) in [6.45, 7) is 3.87. The van der Waals surface area contributed by atoms with Crippen molar-refractivity contribution in [2.45, 2.75) is 6.42 Å². The molecule has 1 amide bonds. The second kappa shape index (κ2) is 7.15. The molecule has 0 aromatic carbocycles. The van der Waals surface area contributed by atoms with Crippen LogP contribution in [0, 0.1) is 0 Å². The highest BCUT2D eigenvalue weighted by molar-refractivity contribution is 5.93. The number of H-pyrrole nitrogens is 1. The second-order valence-electron chi connectivity index (χ2n) is 5.55. The smallest absolute Gasteiger partial charge is 0.259 e. The van der Waals surface area contributed by atoms with E-state index in [2.05, 4.69) is 20.1 Å². The molecular weight excluding hydrogens is 294 g/mol. The first kappa shape index (κ1) is 15.4. The predicted octanol–water partition coefficient (Wildman–Crippen LogP) is 0.165. The average Bonchev–Trinajstić information content (AvgIpc) is 2.61. The third-order valence-electron chi connectivity index (χ3n) is 4.09. The summed E-state index contributed by atoms with van der Waals surface area (Å²) < 4.78 is 0. The fourth-order valence-corrected chi connectivity index (χ4v) is 2.69. The molecule has 3 rings (SSSR count). The van der Waals surface area contributed by atoms with Gasteiger partial charge in [-0.2, -0.15) is 5.10 Å². The standard InChI is InChI=1S/C16H19N5O2/c22-15-12-19-18-11-14(15)16(23)21-9-7-20(8-10-21)6-3-13-1-4-17-5-2-13/h1-2,4-5,11-12H,3,6-10H2,(H,18,22). The molecule has 0 spiro atoms. The number of hydrogen-bond acceptors (Lipinski definition) is 5. The summed E-state index contributed by atoms with van der Waals surface area (Å²) >= 11 is 0. The van der Waals surface area contributed by atoms with Crippen molar-refractivity contribution in [3.63, 3.8) is 0 Å². The molecule has 3 heterocycles. The zero-order chi connectivity index (χ0) is 16.1. The summed E-state index contributed by atoms with van der Waals surface area (Å²) in [6, 6.07) is 4.05. The molecule has 0 unspecified atom stereocenters. The zero-order valence-corrected chi connectivity index (χ0v) is 12.8. The van der Waals surface area contributed by atoms with Crippen molar-refractivity contribution in [2.75, 3.05) is 32.7 Å². The number of amides is 1. The van der Waals surface area contributed by atoms with Crippen molar-refractivity contribution >= 4 is 5.91 Å². The van der Waals surface area contributed by atoms with Crippen molar-refractivity contribution in [1.29, 1.82) is 0 Å². The number of piperazine rings is 1. The Hall–Kier alpha value is -2.54. The topological polar surface area (TPSA) is 82.2 Å². The normalized spacial score (nSPS) is 15.6. The van der Waals surface area contributed by atoms with Crippen LogP contribution in [0.4, 0.5) is 0 Å². The number of nitrogens with zero attached hydrogens (tertiary/aromatic N) is 4. The second-order valence-corrected chi connectivity index (χ2v) is 5.55. The molecule has 7 heteroatoms. The van der Waals surface area contributed by atoms with Crippen LogP contribution in [0.1, 0.15) is 15.9 Å². The highest BCUT2D eigenvalue weighted by Crippen LogP contribution is 2.07. The van der Waals surface area contributed by atoms with Crippen molar-refractivity contribution in [1.82, 2.24) is 25.0 Å². The molecule has 0 saturated carbocycles. The lowest BCUT2D eigenvalue weighted by Gasteiger charge is -2.34. The molecule has 2 aromatic heterocycles. The summed E-state index contributed by atoms with van der Waals surface area (Å²) in [5.74, 6) is -0.220. The van der Waals surface area contributed by atoms with E-state index in [1.54, 1.807) is 17.3 Å². The van der Waals surface area contributed by atoms with Crippen LogP contribution in [-0.4, -0.2) is 63.6 Å². The van der Waals surface area contributed by atoms with Crippen molar-refractivity contribution < 1.29 is 4.79 Å². The van der Waals surface area contributed by atoms with E-state index in [-0.39, 0.29) is 16.9 Å². The molecule has 0 radical (unpaired) electrons. The van der Waals surface area contributed by atoms with Crippen LogP contribution in [0.25, 0.3) is 0 Å². The van der Waals surface area contributed by atoms with Gasteiger partial charge >= 0.3 is 0 Å². The Labute approximate surface area is 134 Å². The van der Waals surface area contributed by atoms with E-state index in [0.29, 0.717) is 13.1 Å². The van der Waals surface area contributed by atoms with E-state index < -0.39 is 0 Å². The Morgan fingerprint density at radius 1 is 1.17 bits per heavy atom. The van der Waals surface area contributed by atoms with Crippen LogP contribution in [0.3, 0.4) is 0 Å². The van der Waals surface area contributed by atoms with Gasteiger partial charge in [0, 0.05) is 51.3 Å². The van der Waals surface area contributed by atoms with Crippen LogP contribution in [0.15, 0.2) is 41.7 Å². The fourth-order valence-electron chi connectivity index (χ4n) is 2.69. The lowest BCUT2D eigenvalue weighted by molar-refractivity contribution is 0.0636. The van der Waals surface area contributed by atoms with E-state index in [9.17, 15) is 9.59 Å². The highest BCUT2D eigenvalue weighted by atomic mass is 16.2. The maximum atomic E-state index is 12.4. The molecule has 0 aliphatic carbocycles. The van der Waals surface area contributed by atoms with Gasteiger partial charge in [0.1, 0.15) is 5.56 Å². The third kappa shape index (κ3) is 3.81. The first-order chi connectivity index (χ1) is 11.2. The van der Waals surface area contributed by atoms with Gasteiger partial charge in [0.25, 0.3) is 5.91 Å². The van der Waals surface area contributed by atoms with Crippen LogP contribution in [0.5, 0.6) is 0 Å². The Morgan fingerprint density at radius 3 is 2.61 bits per heavy atom. The number of aromatic nitrogens is 3. The van der Waals surface area contributed by atoms with Crippen LogP contribution in [-0.2, 0) is 6.42 Å². The monoisotopic (exact) mass is 313 g/mol. The van der Waals surface area contributed by atoms with Gasteiger partial charge in [-0.15, -0.1) is 0 Å². The number of rotatable bonds is 4. The minimum Gasteiger partial charge on any atom is -0.336 e. The number of carbonyl (C=O) groups is 1. The van der Waals surface area contributed by atoms with Crippen LogP contribution < -0.4 is 5.43 Å². The predicted molar refractivity (Wildman–Crippen MR) is 85.1 cm³/mol. The van der Waals surface area contributed by atoms with E-state index in [0.717, 1.165) is 32.3 Å². The van der Waals surface area contributed by atoms with Gasteiger partial charge < -0.3 is 4.90 Å². The van der Waals surface area contributed by atoms with Crippen LogP contribution >= 0.6 is 0 Å². The van der Waals surface area contributed by atoms with Gasteiger partial charge in [-0.25, -0.2) is 0 Å². The molecule has 2 aromatic rings. The Bertz CT molecular complexity index is 708. The lowest BCUT2D eigenvalue weighted by atomic mass is 10.1. The minimum absolute atomic E-state index is 0.158. The van der Waals surface area contributed by atoms with Crippen molar-refractivity contribution in [3.8, 4) is 0 Å². The minimum atomic E-state index is -0.339. The Kier molecular flexibility index (Phi) is 4.77. The first-order valence-electron chi connectivity index (χ1n) is 7.67.